The van der Waals surface area contributed by atoms with E-state index in [1.54, 1.807) is 18.2 Å². The Kier molecular flexibility index (Phi) is 3.59. The molecule has 1 aliphatic heterocycles. The van der Waals surface area contributed by atoms with Gasteiger partial charge in [-0.2, -0.15) is 4.99 Å². The monoisotopic (exact) mass is 314 g/mol. The topological polar surface area (TPSA) is 58.5 Å². The lowest BCUT2D eigenvalue weighted by Crippen LogP contribution is -2.43. The van der Waals surface area contributed by atoms with Crippen LogP contribution in [0, 0.1) is 0 Å². The lowest BCUT2D eigenvalue weighted by molar-refractivity contribution is -0.129. The zero-order valence-electron chi connectivity index (χ0n) is 8.61. The number of amidine groups is 1. The number of aliphatic imine (C=N–C) groups is 1. The molecule has 0 saturated heterocycles. The van der Waals surface area contributed by atoms with Crippen LogP contribution in [-0.2, 0) is 9.59 Å². The van der Waals surface area contributed by atoms with Gasteiger partial charge in [0.25, 0.3) is 5.91 Å². The minimum atomic E-state index is -0.905. The highest BCUT2D eigenvalue weighted by molar-refractivity contribution is 9.10. The van der Waals surface area contributed by atoms with Gasteiger partial charge in [0.2, 0.25) is 5.91 Å². The number of carbonyl (C=O) groups excluding carboxylic acids is 2. The molecule has 17 heavy (non-hydrogen) atoms. The highest BCUT2D eigenvalue weighted by Gasteiger charge is 2.34. The number of nitrogens with one attached hydrogen (secondary N) is 1. The van der Waals surface area contributed by atoms with Gasteiger partial charge in [0, 0.05) is 4.47 Å². The first-order valence-electron chi connectivity index (χ1n) is 4.86. The Labute approximate surface area is 111 Å². The molecular weight excluding hydrogens is 307 g/mol. The average molecular weight is 316 g/mol. The Morgan fingerprint density at radius 3 is 2.65 bits per heavy atom. The molecule has 0 spiro atoms. The second-order valence-electron chi connectivity index (χ2n) is 3.47. The molecule has 0 aromatic heterocycles. The van der Waals surface area contributed by atoms with E-state index in [1.807, 2.05) is 6.07 Å². The molecule has 1 aliphatic rings. The number of alkyl halides is 1. The standard InChI is InChI=1S/C11H8BrClN2O2/c12-7-4-2-1-3-6(7)9-10(16)14-8(5-13)15-11(9)17/h1-4,9H,5H2,(H,14,15,16,17). The Bertz CT molecular complexity index is 516. The second kappa shape index (κ2) is 4.98. The third-order valence-corrected chi connectivity index (χ3v) is 3.34. The summed E-state index contributed by atoms with van der Waals surface area (Å²) in [4.78, 5) is 27.4. The maximum atomic E-state index is 11.8. The molecule has 0 bridgehead atoms. The van der Waals surface area contributed by atoms with Crippen LogP contribution in [0.5, 0.6) is 0 Å². The number of hydrogen-bond acceptors (Lipinski definition) is 2. The van der Waals surface area contributed by atoms with Gasteiger partial charge in [0.1, 0.15) is 11.8 Å². The van der Waals surface area contributed by atoms with Crippen LogP contribution in [-0.4, -0.2) is 23.5 Å². The summed E-state index contributed by atoms with van der Waals surface area (Å²) < 4.78 is 0.707. The van der Waals surface area contributed by atoms with Gasteiger partial charge in [-0.25, -0.2) is 0 Å². The van der Waals surface area contributed by atoms with Crippen LogP contribution in [0.15, 0.2) is 33.7 Å². The lowest BCUT2D eigenvalue weighted by atomic mass is 9.96. The third kappa shape index (κ3) is 2.40. The van der Waals surface area contributed by atoms with Gasteiger partial charge >= 0.3 is 0 Å². The Balaban J connectivity index is 2.41. The number of carbonyl (C=O) groups is 2. The summed E-state index contributed by atoms with van der Waals surface area (Å²) in [6.45, 7) is 0. The van der Waals surface area contributed by atoms with Crippen LogP contribution >= 0.6 is 27.5 Å². The van der Waals surface area contributed by atoms with Crippen molar-refractivity contribution < 1.29 is 9.59 Å². The van der Waals surface area contributed by atoms with Gasteiger partial charge in [-0.3, -0.25) is 9.59 Å². The van der Waals surface area contributed by atoms with Crippen LogP contribution in [0.1, 0.15) is 11.5 Å². The van der Waals surface area contributed by atoms with Crippen molar-refractivity contribution in [3.8, 4) is 0 Å². The number of halogens is 2. The van der Waals surface area contributed by atoms with Crippen molar-refractivity contribution in [2.75, 3.05) is 5.88 Å². The summed E-state index contributed by atoms with van der Waals surface area (Å²) in [5.74, 6) is -1.58. The van der Waals surface area contributed by atoms with Crippen molar-refractivity contribution in [2.24, 2.45) is 4.99 Å². The van der Waals surface area contributed by atoms with E-state index >= 15 is 0 Å². The molecule has 1 unspecified atom stereocenters. The van der Waals surface area contributed by atoms with E-state index in [2.05, 4.69) is 26.2 Å². The molecule has 1 aromatic carbocycles. The van der Waals surface area contributed by atoms with Gasteiger partial charge < -0.3 is 5.32 Å². The Morgan fingerprint density at radius 1 is 1.35 bits per heavy atom. The van der Waals surface area contributed by atoms with E-state index in [0.717, 1.165) is 0 Å². The van der Waals surface area contributed by atoms with E-state index < -0.39 is 17.7 Å². The zero-order valence-corrected chi connectivity index (χ0v) is 11.0. The molecule has 0 saturated carbocycles. The number of benzene rings is 1. The summed E-state index contributed by atoms with van der Waals surface area (Å²) >= 11 is 8.84. The molecule has 0 radical (unpaired) electrons. The first-order chi connectivity index (χ1) is 8.13. The maximum absolute atomic E-state index is 11.8. The van der Waals surface area contributed by atoms with Crippen molar-refractivity contribution in [1.29, 1.82) is 0 Å². The fourth-order valence-corrected chi connectivity index (χ4v) is 2.24. The van der Waals surface area contributed by atoms with E-state index in [0.29, 0.717) is 10.0 Å². The summed E-state index contributed by atoms with van der Waals surface area (Å²) in [6, 6.07) is 7.07. The number of rotatable bonds is 2. The average Bonchev–Trinajstić information content (AvgIpc) is 2.30. The molecule has 2 amide bonds. The van der Waals surface area contributed by atoms with Crippen molar-refractivity contribution in [3.05, 3.63) is 34.3 Å². The largest absolute Gasteiger partial charge is 0.312 e. The molecule has 0 aliphatic carbocycles. The first-order valence-corrected chi connectivity index (χ1v) is 6.19. The van der Waals surface area contributed by atoms with Crippen LogP contribution in [0.25, 0.3) is 0 Å². The van der Waals surface area contributed by atoms with E-state index in [1.165, 1.54) is 0 Å². The van der Waals surface area contributed by atoms with Crippen LogP contribution in [0.3, 0.4) is 0 Å². The predicted molar refractivity (Wildman–Crippen MR) is 68.2 cm³/mol. The minimum absolute atomic E-state index is 0.0140. The first kappa shape index (κ1) is 12.3. The second-order valence-corrected chi connectivity index (χ2v) is 4.60. The van der Waals surface area contributed by atoms with Crippen molar-refractivity contribution in [2.45, 2.75) is 5.92 Å². The molecular formula is C11H8BrClN2O2. The minimum Gasteiger partial charge on any atom is -0.312 e. The van der Waals surface area contributed by atoms with Gasteiger partial charge in [-0.15, -0.1) is 11.6 Å². The van der Waals surface area contributed by atoms with Gasteiger partial charge in [0.05, 0.1) is 5.88 Å². The van der Waals surface area contributed by atoms with Gasteiger partial charge in [-0.1, -0.05) is 34.1 Å². The zero-order chi connectivity index (χ0) is 12.4. The fraction of sp³-hybridized carbons (Fsp3) is 0.182. The maximum Gasteiger partial charge on any atom is 0.264 e. The Hall–Kier alpha value is -1.20. The van der Waals surface area contributed by atoms with Crippen LogP contribution < -0.4 is 5.32 Å². The highest BCUT2D eigenvalue weighted by atomic mass is 79.9. The van der Waals surface area contributed by atoms with E-state index in [9.17, 15) is 9.59 Å². The third-order valence-electron chi connectivity index (χ3n) is 2.36. The Morgan fingerprint density at radius 2 is 2.06 bits per heavy atom. The molecule has 2 rings (SSSR count). The molecule has 1 N–H and O–H groups in total. The van der Waals surface area contributed by atoms with Crippen molar-refractivity contribution >= 4 is 45.2 Å². The predicted octanol–water partition coefficient (Wildman–Crippen LogP) is 1.83. The van der Waals surface area contributed by atoms with Gasteiger partial charge in [0.15, 0.2) is 0 Å². The normalized spacial score (nSPS) is 19.9. The smallest absolute Gasteiger partial charge is 0.264 e. The molecule has 4 nitrogen and oxygen atoms in total. The SMILES string of the molecule is O=C1N=C(CCl)NC(=O)C1c1ccccc1Br. The number of amides is 2. The van der Waals surface area contributed by atoms with Crippen LogP contribution in [0.4, 0.5) is 0 Å². The fourth-order valence-electron chi connectivity index (χ4n) is 1.60. The molecule has 0 fully saturated rings. The summed E-state index contributed by atoms with van der Waals surface area (Å²) in [6.07, 6.45) is 0. The summed E-state index contributed by atoms with van der Waals surface area (Å²) in [5.41, 5.74) is 0.604. The van der Waals surface area contributed by atoms with Crippen molar-refractivity contribution in [3.63, 3.8) is 0 Å². The van der Waals surface area contributed by atoms with E-state index in [4.69, 9.17) is 11.6 Å². The van der Waals surface area contributed by atoms with Crippen LogP contribution in [0.2, 0.25) is 0 Å². The molecule has 1 heterocycles. The highest BCUT2D eigenvalue weighted by Crippen LogP contribution is 2.27. The van der Waals surface area contributed by atoms with Crippen molar-refractivity contribution in [1.82, 2.24) is 5.32 Å². The number of nitrogens with zero attached hydrogens (tertiary/aromatic N) is 1. The lowest BCUT2D eigenvalue weighted by Gasteiger charge is -2.20. The molecule has 1 aromatic rings. The quantitative estimate of drug-likeness (QED) is 0.668. The summed E-state index contributed by atoms with van der Waals surface area (Å²) in [5, 5.41) is 2.51. The number of hydrogen-bond donors (Lipinski definition) is 1. The molecule has 6 heteroatoms. The molecule has 88 valence electrons. The van der Waals surface area contributed by atoms with Gasteiger partial charge in [-0.05, 0) is 11.6 Å². The summed E-state index contributed by atoms with van der Waals surface area (Å²) in [7, 11) is 0. The molecule has 1 atom stereocenters. The van der Waals surface area contributed by atoms with E-state index in [-0.39, 0.29) is 11.7 Å².